The topological polar surface area (TPSA) is 91.4 Å². The highest BCUT2D eigenvalue weighted by molar-refractivity contribution is 7.89. The minimum absolute atomic E-state index is 0.0615. The molecule has 1 heterocycles. The van der Waals surface area contributed by atoms with E-state index in [0.717, 1.165) is 0 Å². The van der Waals surface area contributed by atoms with Crippen LogP contribution in [-0.2, 0) is 10.0 Å². The minimum atomic E-state index is -4.09. The van der Waals surface area contributed by atoms with Crippen molar-refractivity contribution in [3.8, 4) is 23.0 Å². The standard InChI is InChI=1S/C20H23NO7S/c1-4-25-16-8-6-14(12-18(16)26-5-2)20(22)21(3)29(23,24)15-7-9-17-19(13-15)28-11-10-27-17/h6-9,12-13H,4-5,10-11H2,1-3H3. The fourth-order valence-electron chi connectivity index (χ4n) is 2.82. The van der Waals surface area contributed by atoms with Crippen LogP contribution in [-0.4, -0.2) is 52.1 Å². The molecule has 0 fully saturated rings. The van der Waals surface area contributed by atoms with E-state index in [9.17, 15) is 13.2 Å². The zero-order valence-electron chi connectivity index (χ0n) is 16.5. The van der Waals surface area contributed by atoms with Crippen LogP contribution in [0, 0.1) is 0 Å². The zero-order valence-corrected chi connectivity index (χ0v) is 17.3. The fourth-order valence-corrected chi connectivity index (χ4v) is 3.95. The molecule has 0 spiro atoms. The molecule has 9 heteroatoms. The van der Waals surface area contributed by atoms with Crippen LogP contribution in [0.5, 0.6) is 23.0 Å². The molecule has 0 aromatic heterocycles. The van der Waals surface area contributed by atoms with E-state index in [2.05, 4.69) is 0 Å². The van der Waals surface area contributed by atoms with Crippen LogP contribution >= 0.6 is 0 Å². The summed E-state index contributed by atoms with van der Waals surface area (Å²) >= 11 is 0. The molecule has 0 saturated carbocycles. The molecule has 0 radical (unpaired) electrons. The predicted octanol–water partition coefficient (Wildman–Crippen LogP) is 2.72. The molecule has 3 rings (SSSR count). The van der Waals surface area contributed by atoms with E-state index in [1.165, 1.54) is 37.4 Å². The first kappa shape index (κ1) is 20.8. The molecule has 1 amide bonds. The second-order valence-corrected chi connectivity index (χ2v) is 8.08. The zero-order chi connectivity index (χ0) is 21.0. The van der Waals surface area contributed by atoms with Crippen LogP contribution in [0.25, 0.3) is 0 Å². The van der Waals surface area contributed by atoms with Gasteiger partial charge in [-0.2, -0.15) is 0 Å². The Kier molecular flexibility index (Phi) is 6.17. The summed E-state index contributed by atoms with van der Waals surface area (Å²) in [6, 6.07) is 8.84. The molecular weight excluding hydrogens is 398 g/mol. The Labute approximate surface area is 170 Å². The highest BCUT2D eigenvalue weighted by Gasteiger charge is 2.28. The van der Waals surface area contributed by atoms with Crippen LogP contribution in [0.15, 0.2) is 41.3 Å². The van der Waals surface area contributed by atoms with E-state index in [1.54, 1.807) is 6.07 Å². The summed E-state index contributed by atoms with van der Waals surface area (Å²) in [6.07, 6.45) is 0. The first-order valence-corrected chi connectivity index (χ1v) is 10.6. The maximum atomic E-state index is 13.0. The molecule has 1 aliphatic heterocycles. The Morgan fingerprint density at radius 1 is 0.966 bits per heavy atom. The number of benzene rings is 2. The Morgan fingerprint density at radius 3 is 2.31 bits per heavy atom. The van der Waals surface area contributed by atoms with Gasteiger partial charge in [0.2, 0.25) is 0 Å². The number of hydrogen-bond donors (Lipinski definition) is 0. The highest BCUT2D eigenvalue weighted by atomic mass is 32.2. The van der Waals surface area contributed by atoms with Crippen LogP contribution in [0.1, 0.15) is 24.2 Å². The van der Waals surface area contributed by atoms with Gasteiger partial charge in [0, 0.05) is 18.7 Å². The van der Waals surface area contributed by atoms with E-state index in [1.807, 2.05) is 13.8 Å². The maximum absolute atomic E-state index is 13.0. The number of carbonyl (C=O) groups is 1. The lowest BCUT2D eigenvalue weighted by molar-refractivity contribution is 0.0882. The van der Waals surface area contributed by atoms with Crippen LogP contribution in [0.3, 0.4) is 0 Å². The summed E-state index contributed by atoms with van der Waals surface area (Å²) in [4.78, 5) is 12.8. The van der Waals surface area contributed by atoms with Gasteiger partial charge in [-0.05, 0) is 44.2 Å². The molecule has 156 valence electrons. The van der Waals surface area contributed by atoms with Crippen molar-refractivity contribution in [3.05, 3.63) is 42.0 Å². The van der Waals surface area contributed by atoms with Crippen molar-refractivity contribution in [2.24, 2.45) is 0 Å². The second kappa shape index (κ2) is 8.60. The molecular formula is C20H23NO7S. The highest BCUT2D eigenvalue weighted by Crippen LogP contribution is 2.34. The van der Waals surface area contributed by atoms with Crippen molar-refractivity contribution in [1.29, 1.82) is 0 Å². The van der Waals surface area contributed by atoms with E-state index in [4.69, 9.17) is 18.9 Å². The quantitative estimate of drug-likeness (QED) is 0.679. The maximum Gasteiger partial charge on any atom is 0.267 e. The predicted molar refractivity (Wildman–Crippen MR) is 105 cm³/mol. The van der Waals surface area contributed by atoms with Gasteiger partial charge in [-0.3, -0.25) is 4.79 Å². The molecule has 0 aliphatic carbocycles. The van der Waals surface area contributed by atoms with E-state index < -0.39 is 15.9 Å². The third kappa shape index (κ3) is 4.24. The minimum Gasteiger partial charge on any atom is -0.490 e. The number of fused-ring (bicyclic) bond motifs is 1. The molecule has 0 atom stereocenters. The summed E-state index contributed by atoms with van der Waals surface area (Å²) in [7, 11) is -2.88. The Bertz CT molecular complexity index is 1000. The molecule has 2 aromatic rings. The Hall–Kier alpha value is -2.94. The number of carbonyl (C=O) groups excluding carboxylic acids is 1. The summed E-state index contributed by atoms with van der Waals surface area (Å²) in [6.45, 7) is 5.19. The molecule has 2 aromatic carbocycles. The third-order valence-electron chi connectivity index (χ3n) is 4.25. The van der Waals surface area contributed by atoms with Gasteiger partial charge in [-0.15, -0.1) is 0 Å². The number of amides is 1. The average Bonchev–Trinajstić information content (AvgIpc) is 2.73. The molecule has 8 nitrogen and oxygen atoms in total. The van der Waals surface area contributed by atoms with Gasteiger partial charge in [-0.1, -0.05) is 0 Å². The average molecular weight is 421 g/mol. The van der Waals surface area contributed by atoms with Crippen molar-refractivity contribution < 1.29 is 32.2 Å². The van der Waals surface area contributed by atoms with Crippen molar-refractivity contribution in [1.82, 2.24) is 4.31 Å². The molecule has 0 N–H and O–H groups in total. The van der Waals surface area contributed by atoms with Crippen molar-refractivity contribution in [2.75, 3.05) is 33.5 Å². The first-order valence-electron chi connectivity index (χ1n) is 9.21. The van der Waals surface area contributed by atoms with Crippen molar-refractivity contribution in [3.63, 3.8) is 0 Å². The third-order valence-corrected chi connectivity index (χ3v) is 5.98. The van der Waals surface area contributed by atoms with Crippen LogP contribution in [0.2, 0.25) is 0 Å². The summed E-state index contributed by atoms with van der Waals surface area (Å²) < 4.78 is 48.5. The van der Waals surface area contributed by atoms with E-state index in [0.29, 0.717) is 53.7 Å². The van der Waals surface area contributed by atoms with Gasteiger partial charge in [0.15, 0.2) is 23.0 Å². The lowest BCUT2D eigenvalue weighted by atomic mass is 10.2. The summed E-state index contributed by atoms with van der Waals surface area (Å²) in [5.41, 5.74) is 0.167. The van der Waals surface area contributed by atoms with E-state index >= 15 is 0 Å². The molecule has 0 unspecified atom stereocenters. The number of ether oxygens (including phenoxy) is 4. The lowest BCUT2D eigenvalue weighted by Gasteiger charge is -2.21. The summed E-state index contributed by atoms with van der Waals surface area (Å²) in [5, 5.41) is 0. The van der Waals surface area contributed by atoms with Gasteiger partial charge in [0.1, 0.15) is 13.2 Å². The number of rotatable bonds is 7. The van der Waals surface area contributed by atoms with Crippen molar-refractivity contribution >= 4 is 15.9 Å². The first-order chi connectivity index (χ1) is 13.9. The Morgan fingerprint density at radius 2 is 1.62 bits per heavy atom. The number of sulfonamides is 1. The normalized spacial score (nSPS) is 12.9. The van der Waals surface area contributed by atoms with Crippen LogP contribution in [0.4, 0.5) is 0 Å². The fraction of sp³-hybridized carbons (Fsp3) is 0.350. The molecule has 1 aliphatic rings. The van der Waals surface area contributed by atoms with E-state index in [-0.39, 0.29) is 10.5 Å². The van der Waals surface area contributed by atoms with Gasteiger partial charge in [-0.25, -0.2) is 12.7 Å². The van der Waals surface area contributed by atoms with Gasteiger partial charge in [0.05, 0.1) is 18.1 Å². The molecule has 0 saturated heterocycles. The van der Waals surface area contributed by atoms with Gasteiger partial charge in [0.25, 0.3) is 15.9 Å². The smallest absolute Gasteiger partial charge is 0.267 e. The molecule has 0 bridgehead atoms. The van der Waals surface area contributed by atoms with Crippen molar-refractivity contribution in [2.45, 2.75) is 18.7 Å². The monoisotopic (exact) mass is 421 g/mol. The van der Waals surface area contributed by atoms with Crippen LogP contribution < -0.4 is 18.9 Å². The van der Waals surface area contributed by atoms with Gasteiger partial charge >= 0.3 is 0 Å². The Balaban J connectivity index is 1.90. The lowest BCUT2D eigenvalue weighted by Crippen LogP contribution is -2.33. The van der Waals surface area contributed by atoms with Gasteiger partial charge < -0.3 is 18.9 Å². The largest absolute Gasteiger partial charge is 0.490 e. The summed E-state index contributed by atoms with van der Waals surface area (Å²) in [5.74, 6) is 0.979. The number of nitrogens with zero attached hydrogens (tertiary/aromatic N) is 1. The molecule has 29 heavy (non-hydrogen) atoms. The second-order valence-electron chi connectivity index (χ2n) is 6.11. The SMILES string of the molecule is CCOc1ccc(C(=O)N(C)S(=O)(=O)c2ccc3c(c2)OCCO3)cc1OCC. The number of hydrogen-bond acceptors (Lipinski definition) is 7.